The average molecular weight is 395 g/mol. The largest absolute Gasteiger partial charge is 0.493 e. The lowest BCUT2D eigenvalue weighted by molar-refractivity contribution is 0.0977. The fourth-order valence-corrected chi connectivity index (χ4v) is 4.60. The molecule has 0 radical (unpaired) electrons. The lowest BCUT2D eigenvalue weighted by Gasteiger charge is -2.28. The Morgan fingerprint density at radius 1 is 1.19 bits per heavy atom. The van der Waals surface area contributed by atoms with E-state index in [2.05, 4.69) is 0 Å². The summed E-state index contributed by atoms with van der Waals surface area (Å²) < 4.78 is 44.9. The predicted octanol–water partition coefficient (Wildman–Crippen LogP) is 3.74. The highest BCUT2D eigenvalue weighted by Gasteiger charge is 2.44. The Bertz CT molecular complexity index is 849. The maximum absolute atomic E-state index is 14.5. The van der Waals surface area contributed by atoms with Gasteiger partial charge in [0.1, 0.15) is 11.6 Å². The number of carbonyl (C=O) groups excluding carboxylic acids is 1. The Morgan fingerprint density at radius 3 is 2.41 bits per heavy atom. The predicted molar refractivity (Wildman–Crippen MR) is 99.8 cm³/mol. The molecule has 3 aliphatic carbocycles. The second kappa shape index (κ2) is 6.76. The molecule has 5 nitrogen and oxygen atoms in total. The second-order valence-corrected chi connectivity index (χ2v) is 10.4. The minimum absolute atomic E-state index is 0.247. The van der Waals surface area contributed by atoms with Crippen LogP contribution < -0.4 is 9.46 Å². The molecule has 1 aromatic carbocycles. The van der Waals surface area contributed by atoms with Gasteiger partial charge in [-0.2, -0.15) is 0 Å². The van der Waals surface area contributed by atoms with Gasteiger partial charge in [-0.15, -0.1) is 0 Å². The summed E-state index contributed by atoms with van der Waals surface area (Å²) in [5.41, 5.74) is 1.20. The zero-order valence-corrected chi connectivity index (χ0v) is 16.4. The summed E-state index contributed by atoms with van der Waals surface area (Å²) in [6.07, 6.45) is 10.4. The molecular weight excluding hydrogens is 369 g/mol. The molecule has 1 N–H and O–H groups in total. The van der Waals surface area contributed by atoms with Gasteiger partial charge in [0.15, 0.2) is 0 Å². The van der Waals surface area contributed by atoms with Crippen molar-refractivity contribution in [1.82, 2.24) is 4.72 Å². The number of halogens is 1. The topological polar surface area (TPSA) is 72.5 Å². The number of sulfonamides is 1. The molecule has 1 spiro atoms. The van der Waals surface area contributed by atoms with E-state index in [0.717, 1.165) is 37.5 Å². The van der Waals surface area contributed by atoms with Gasteiger partial charge in [-0.25, -0.2) is 17.5 Å². The van der Waals surface area contributed by atoms with Crippen molar-refractivity contribution in [2.45, 2.75) is 57.3 Å². The highest BCUT2D eigenvalue weighted by molar-refractivity contribution is 7.89. The quantitative estimate of drug-likeness (QED) is 0.796. The summed E-state index contributed by atoms with van der Waals surface area (Å²) >= 11 is 0. The maximum Gasteiger partial charge on any atom is 0.267 e. The molecule has 148 valence electrons. The van der Waals surface area contributed by atoms with Crippen LogP contribution in [0.15, 0.2) is 12.1 Å². The van der Waals surface area contributed by atoms with Gasteiger partial charge >= 0.3 is 0 Å². The Hall–Kier alpha value is -1.63. The molecule has 1 amide bonds. The molecule has 3 aliphatic rings. The van der Waals surface area contributed by atoms with Crippen LogP contribution in [-0.2, 0) is 10.0 Å². The van der Waals surface area contributed by atoms with Crippen molar-refractivity contribution < 1.29 is 22.3 Å². The molecule has 7 heteroatoms. The zero-order valence-electron chi connectivity index (χ0n) is 15.6. The van der Waals surface area contributed by atoms with Gasteiger partial charge in [0.25, 0.3) is 5.91 Å². The molecule has 0 saturated heterocycles. The number of rotatable bonds is 6. The Morgan fingerprint density at radius 2 is 1.85 bits per heavy atom. The lowest BCUT2D eigenvalue weighted by atomic mass is 9.80. The van der Waals surface area contributed by atoms with E-state index >= 15 is 0 Å². The van der Waals surface area contributed by atoms with Crippen LogP contribution in [0.25, 0.3) is 0 Å². The maximum atomic E-state index is 14.5. The monoisotopic (exact) mass is 395 g/mol. The van der Waals surface area contributed by atoms with Crippen LogP contribution in [0.3, 0.4) is 0 Å². The molecule has 0 unspecified atom stereocenters. The third-order valence-electron chi connectivity index (χ3n) is 6.24. The molecule has 1 aromatic rings. The summed E-state index contributed by atoms with van der Waals surface area (Å²) in [4.78, 5) is 12.1. The summed E-state index contributed by atoms with van der Waals surface area (Å²) in [7, 11) is -3.74. The van der Waals surface area contributed by atoms with Crippen LogP contribution in [0.1, 0.15) is 73.2 Å². The molecular formula is C20H26FNO4S. The number of benzene rings is 1. The first-order valence-corrected chi connectivity index (χ1v) is 11.6. The van der Waals surface area contributed by atoms with Gasteiger partial charge in [0.2, 0.25) is 10.0 Å². The first-order chi connectivity index (χ1) is 12.7. The molecule has 0 aliphatic heterocycles. The molecule has 4 rings (SSSR count). The summed E-state index contributed by atoms with van der Waals surface area (Å²) in [5.74, 6) is -0.440. The van der Waals surface area contributed by atoms with E-state index in [-0.39, 0.29) is 11.5 Å². The molecule has 0 aromatic heterocycles. The van der Waals surface area contributed by atoms with Crippen molar-refractivity contribution in [1.29, 1.82) is 0 Å². The third kappa shape index (κ3) is 4.45. The number of ether oxygens (including phenoxy) is 1. The van der Waals surface area contributed by atoms with Crippen molar-refractivity contribution in [2.75, 3.05) is 12.9 Å². The summed E-state index contributed by atoms with van der Waals surface area (Å²) in [6, 6.07) is 2.71. The van der Waals surface area contributed by atoms with Gasteiger partial charge in [-0.05, 0) is 80.2 Å². The summed E-state index contributed by atoms with van der Waals surface area (Å²) in [5, 5.41) is 0. The molecule has 0 atom stereocenters. The molecule has 0 heterocycles. The van der Waals surface area contributed by atoms with Crippen molar-refractivity contribution in [3.05, 3.63) is 29.1 Å². The van der Waals surface area contributed by atoms with Gasteiger partial charge < -0.3 is 4.74 Å². The van der Waals surface area contributed by atoms with E-state index in [4.69, 9.17) is 4.74 Å². The minimum atomic E-state index is -3.74. The molecule has 27 heavy (non-hydrogen) atoms. The molecule has 3 fully saturated rings. The SMILES string of the molecule is CS(=O)(=O)NC(=O)c1cc(C2CC2)c(OCC2CCC3(CC2)CC3)cc1F. The van der Waals surface area contributed by atoms with Gasteiger partial charge in [-0.3, -0.25) is 4.79 Å². The van der Waals surface area contributed by atoms with Crippen molar-refractivity contribution in [3.63, 3.8) is 0 Å². The van der Waals surface area contributed by atoms with E-state index in [1.165, 1.54) is 37.8 Å². The van der Waals surface area contributed by atoms with E-state index in [9.17, 15) is 17.6 Å². The van der Waals surface area contributed by atoms with E-state index in [1.807, 2.05) is 4.72 Å². The number of carbonyl (C=O) groups is 1. The number of hydrogen-bond acceptors (Lipinski definition) is 4. The molecule has 3 saturated carbocycles. The van der Waals surface area contributed by atoms with Gasteiger partial charge in [0.05, 0.1) is 18.4 Å². The van der Waals surface area contributed by atoms with Crippen LogP contribution in [0.2, 0.25) is 0 Å². The van der Waals surface area contributed by atoms with Crippen LogP contribution in [-0.4, -0.2) is 27.2 Å². The van der Waals surface area contributed by atoms with E-state index < -0.39 is 21.7 Å². The van der Waals surface area contributed by atoms with Gasteiger partial charge in [-0.1, -0.05) is 0 Å². The van der Waals surface area contributed by atoms with Crippen LogP contribution >= 0.6 is 0 Å². The average Bonchev–Trinajstić information content (AvgIpc) is 3.49. The van der Waals surface area contributed by atoms with Crippen LogP contribution in [0, 0.1) is 17.2 Å². The normalized spacial score (nSPS) is 21.9. The summed E-state index contributed by atoms with van der Waals surface area (Å²) in [6.45, 7) is 0.574. The van der Waals surface area contributed by atoms with Crippen LogP contribution in [0.5, 0.6) is 5.75 Å². The lowest BCUT2D eigenvalue weighted by Crippen LogP contribution is -2.30. The van der Waals surface area contributed by atoms with E-state index in [0.29, 0.717) is 23.7 Å². The Labute approximate surface area is 159 Å². The van der Waals surface area contributed by atoms with Gasteiger partial charge in [0, 0.05) is 6.07 Å². The first kappa shape index (κ1) is 18.7. The number of amides is 1. The van der Waals surface area contributed by atoms with E-state index in [1.54, 1.807) is 0 Å². The highest BCUT2D eigenvalue weighted by atomic mass is 32.2. The zero-order chi connectivity index (χ0) is 19.2. The smallest absolute Gasteiger partial charge is 0.267 e. The standard InChI is InChI=1S/C20H26FNO4S/c1-27(24,25)22-19(23)16-10-15(14-2-3-14)18(11-17(16)21)26-12-13-4-6-20(7-5-13)8-9-20/h10-11,13-14H,2-9,12H2,1H3,(H,22,23). The number of nitrogens with one attached hydrogen (secondary N) is 1. The van der Waals surface area contributed by atoms with Crippen molar-refractivity contribution in [2.24, 2.45) is 11.3 Å². The van der Waals surface area contributed by atoms with Crippen molar-refractivity contribution in [3.8, 4) is 5.75 Å². The fraction of sp³-hybridized carbons (Fsp3) is 0.650. The Balaban J connectivity index is 1.47. The van der Waals surface area contributed by atoms with Crippen LogP contribution in [0.4, 0.5) is 4.39 Å². The van der Waals surface area contributed by atoms with Crippen molar-refractivity contribution >= 4 is 15.9 Å². The number of hydrogen-bond donors (Lipinski definition) is 1. The first-order valence-electron chi connectivity index (χ1n) is 9.73. The molecule has 0 bridgehead atoms. The Kier molecular flexibility index (Phi) is 4.69. The third-order valence-corrected chi connectivity index (χ3v) is 6.79. The highest BCUT2D eigenvalue weighted by Crippen LogP contribution is 2.57. The fourth-order valence-electron chi connectivity index (χ4n) is 4.15. The second-order valence-electron chi connectivity index (χ2n) is 8.60. The minimum Gasteiger partial charge on any atom is -0.493 e.